The molecule has 144 valence electrons. The number of nitrogens with one attached hydrogen (secondary N) is 2. The highest BCUT2D eigenvalue weighted by atomic mass is 16.3. The van der Waals surface area contributed by atoms with E-state index in [1.165, 1.54) is 0 Å². The third-order valence-electron chi connectivity index (χ3n) is 4.89. The molecule has 0 radical (unpaired) electrons. The third kappa shape index (κ3) is 5.19. The molecule has 1 aliphatic rings. The number of aliphatic hydroxyl groups is 1. The SMILES string of the molecule is Cc1ccc(NC(=O)N(C)CC2(CO)CCC2)cc1NC(=O)CN(C)C. The van der Waals surface area contributed by atoms with Gasteiger partial charge in [0.1, 0.15) is 0 Å². The Morgan fingerprint density at radius 3 is 2.42 bits per heavy atom. The van der Waals surface area contributed by atoms with E-state index < -0.39 is 0 Å². The van der Waals surface area contributed by atoms with Crippen LogP contribution in [0.2, 0.25) is 0 Å². The molecule has 3 amide bonds. The number of hydrogen-bond acceptors (Lipinski definition) is 4. The first-order valence-corrected chi connectivity index (χ1v) is 8.93. The Kier molecular flexibility index (Phi) is 6.61. The van der Waals surface area contributed by atoms with Crippen LogP contribution in [0.1, 0.15) is 24.8 Å². The molecule has 7 nitrogen and oxygen atoms in total. The van der Waals surface area contributed by atoms with E-state index in [4.69, 9.17) is 0 Å². The van der Waals surface area contributed by atoms with E-state index in [1.807, 2.05) is 33.2 Å². The molecule has 0 spiro atoms. The average molecular weight is 362 g/mol. The van der Waals surface area contributed by atoms with E-state index in [-0.39, 0.29) is 24.0 Å². The van der Waals surface area contributed by atoms with Crippen LogP contribution in [-0.2, 0) is 4.79 Å². The van der Waals surface area contributed by atoms with Crippen molar-refractivity contribution >= 4 is 23.3 Å². The summed E-state index contributed by atoms with van der Waals surface area (Å²) in [7, 11) is 5.40. The number of aryl methyl sites for hydroxylation is 1. The van der Waals surface area contributed by atoms with Crippen molar-refractivity contribution in [2.45, 2.75) is 26.2 Å². The highest BCUT2D eigenvalue weighted by Gasteiger charge is 2.38. The van der Waals surface area contributed by atoms with Gasteiger partial charge < -0.3 is 25.5 Å². The van der Waals surface area contributed by atoms with Crippen molar-refractivity contribution in [2.24, 2.45) is 5.41 Å². The normalized spacial score (nSPS) is 15.3. The fraction of sp³-hybridized carbons (Fsp3) is 0.579. The number of aliphatic hydroxyl groups excluding tert-OH is 1. The van der Waals surface area contributed by atoms with Crippen molar-refractivity contribution in [1.82, 2.24) is 9.80 Å². The summed E-state index contributed by atoms with van der Waals surface area (Å²) in [4.78, 5) is 27.8. The van der Waals surface area contributed by atoms with Crippen LogP contribution < -0.4 is 10.6 Å². The molecule has 0 saturated heterocycles. The fourth-order valence-electron chi connectivity index (χ4n) is 3.15. The molecule has 26 heavy (non-hydrogen) atoms. The number of rotatable bonds is 7. The topological polar surface area (TPSA) is 84.9 Å². The number of urea groups is 1. The number of anilines is 2. The van der Waals surface area contributed by atoms with Crippen LogP contribution in [0.3, 0.4) is 0 Å². The molecule has 7 heteroatoms. The van der Waals surface area contributed by atoms with Gasteiger partial charge in [-0.3, -0.25) is 4.79 Å². The Balaban J connectivity index is 1.99. The van der Waals surface area contributed by atoms with Crippen molar-refractivity contribution in [3.8, 4) is 0 Å². The molecule has 0 aliphatic heterocycles. The van der Waals surface area contributed by atoms with E-state index in [1.54, 1.807) is 22.9 Å². The van der Waals surface area contributed by atoms with Crippen LogP contribution in [0.15, 0.2) is 18.2 Å². The second-order valence-corrected chi connectivity index (χ2v) is 7.61. The maximum absolute atomic E-state index is 12.4. The van der Waals surface area contributed by atoms with Gasteiger partial charge in [-0.1, -0.05) is 12.5 Å². The number of amides is 3. The molecule has 1 saturated carbocycles. The molecule has 2 rings (SSSR count). The van der Waals surface area contributed by atoms with Gasteiger partial charge in [0, 0.05) is 30.4 Å². The highest BCUT2D eigenvalue weighted by molar-refractivity contribution is 5.95. The standard InChI is InChI=1S/C19H30N4O3/c1-14-6-7-15(10-16(14)21-17(25)11-22(2)3)20-18(26)23(4)12-19(13-24)8-5-9-19/h6-7,10,24H,5,8-9,11-13H2,1-4H3,(H,20,26)(H,21,25). The van der Waals surface area contributed by atoms with Crippen molar-refractivity contribution < 1.29 is 14.7 Å². The Morgan fingerprint density at radius 2 is 1.88 bits per heavy atom. The molecule has 1 aromatic carbocycles. The molecule has 0 bridgehead atoms. The molecule has 0 unspecified atom stereocenters. The second kappa shape index (κ2) is 8.51. The minimum atomic E-state index is -0.223. The largest absolute Gasteiger partial charge is 0.396 e. The first kappa shape index (κ1) is 20.2. The van der Waals surface area contributed by atoms with Crippen LogP contribution in [0.25, 0.3) is 0 Å². The van der Waals surface area contributed by atoms with Gasteiger partial charge in [-0.15, -0.1) is 0 Å². The first-order chi connectivity index (χ1) is 12.2. The first-order valence-electron chi connectivity index (χ1n) is 8.93. The molecule has 0 atom stereocenters. The van der Waals surface area contributed by atoms with Crippen molar-refractivity contribution in [1.29, 1.82) is 0 Å². The predicted octanol–water partition coefficient (Wildman–Crippen LogP) is 2.12. The minimum Gasteiger partial charge on any atom is -0.396 e. The molecule has 1 fully saturated rings. The lowest BCUT2D eigenvalue weighted by molar-refractivity contribution is -0.116. The second-order valence-electron chi connectivity index (χ2n) is 7.61. The summed E-state index contributed by atoms with van der Waals surface area (Å²) in [6.07, 6.45) is 3.01. The van der Waals surface area contributed by atoms with Crippen LogP contribution in [0.5, 0.6) is 0 Å². The van der Waals surface area contributed by atoms with Gasteiger partial charge in [0.2, 0.25) is 5.91 Å². The molecule has 1 aliphatic carbocycles. The molecule has 0 heterocycles. The van der Waals surface area contributed by atoms with E-state index in [9.17, 15) is 14.7 Å². The van der Waals surface area contributed by atoms with Crippen molar-refractivity contribution in [2.75, 3.05) is 51.5 Å². The number of hydrogen-bond donors (Lipinski definition) is 3. The fourth-order valence-corrected chi connectivity index (χ4v) is 3.15. The van der Waals surface area contributed by atoms with E-state index in [2.05, 4.69) is 10.6 Å². The summed E-state index contributed by atoms with van der Waals surface area (Å²) in [6, 6.07) is 5.22. The van der Waals surface area contributed by atoms with Gasteiger partial charge in [0.15, 0.2) is 0 Å². The number of carbonyl (C=O) groups excluding carboxylic acids is 2. The monoisotopic (exact) mass is 362 g/mol. The van der Waals surface area contributed by atoms with Gasteiger partial charge in [0.25, 0.3) is 0 Å². The van der Waals surface area contributed by atoms with Gasteiger partial charge in [-0.05, 0) is 51.6 Å². The zero-order chi connectivity index (χ0) is 19.3. The maximum atomic E-state index is 12.4. The Hall–Kier alpha value is -2.12. The number of carbonyl (C=O) groups is 2. The van der Waals surface area contributed by atoms with Crippen LogP contribution in [0.4, 0.5) is 16.2 Å². The van der Waals surface area contributed by atoms with Gasteiger partial charge in [0.05, 0.1) is 13.2 Å². The highest BCUT2D eigenvalue weighted by Crippen LogP contribution is 2.40. The van der Waals surface area contributed by atoms with E-state index in [0.29, 0.717) is 24.5 Å². The van der Waals surface area contributed by atoms with Crippen molar-refractivity contribution in [3.63, 3.8) is 0 Å². The lowest BCUT2D eigenvalue weighted by Crippen LogP contribution is -2.46. The number of likely N-dealkylation sites (N-methyl/N-ethyl adjacent to an activating group) is 1. The molecular weight excluding hydrogens is 332 g/mol. The lowest BCUT2D eigenvalue weighted by atomic mass is 9.69. The Bertz CT molecular complexity index is 651. The number of benzene rings is 1. The summed E-state index contributed by atoms with van der Waals surface area (Å²) >= 11 is 0. The Morgan fingerprint density at radius 1 is 1.19 bits per heavy atom. The van der Waals surface area contributed by atoms with E-state index in [0.717, 1.165) is 24.8 Å². The zero-order valence-electron chi connectivity index (χ0n) is 16.1. The van der Waals surface area contributed by atoms with Gasteiger partial charge in [-0.2, -0.15) is 0 Å². The quantitative estimate of drug-likeness (QED) is 0.694. The predicted molar refractivity (Wildman–Crippen MR) is 103 cm³/mol. The van der Waals surface area contributed by atoms with Crippen molar-refractivity contribution in [3.05, 3.63) is 23.8 Å². The summed E-state index contributed by atoms with van der Waals surface area (Å²) < 4.78 is 0. The number of nitrogens with zero attached hydrogens (tertiary/aromatic N) is 2. The molecule has 1 aromatic rings. The zero-order valence-corrected chi connectivity index (χ0v) is 16.1. The van der Waals surface area contributed by atoms with Gasteiger partial charge in [-0.25, -0.2) is 4.79 Å². The summed E-state index contributed by atoms with van der Waals surface area (Å²) in [6.45, 7) is 2.84. The maximum Gasteiger partial charge on any atom is 0.321 e. The summed E-state index contributed by atoms with van der Waals surface area (Å²) in [5.74, 6) is -0.103. The summed E-state index contributed by atoms with van der Waals surface area (Å²) in [5.41, 5.74) is 2.09. The minimum absolute atomic E-state index is 0.103. The van der Waals surface area contributed by atoms with Gasteiger partial charge >= 0.3 is 6.03 Å². The molecular formula is C19H30N4O3. The van der Waals surface area contributed by atoms with Crippen LogP contribution in [-0.4, -0.2) is 67.7 Å². The Labute approximate surface area is 155 Å². The molecule has 3 N–H and O–H groups in total. The summed E-state index contributed by atoms with van der Waals surface area (Å²) in [5, 5.41) is 15.3. The average Bonchev–Trinajstić information content (AvgIpc) is 2.53. The lowest BCUT2D eigenvalue weighted by Gasteiger charge is -2.42. The van der Waals surface area contributed by atoms with Crippen LogP contribution >= 0.6 is 0 Å². The van der Waals surface area contributed by atoms with E-state index >= 15 is 0 Å². The third-order valence-corrected chi connectivity index (χ3v) is 4.89. The molecule has 0 aromatic heterocycles. The van der Waals surface area contributed by atoms with Crippen LogP contribution in [0, 0.1) is 12.3 Å². The smallest absolute Gasteiger partial charge is 0.321 e.